The van der Waals surface area contributed by atoms with Crippen LogP contribution in [0.3, 0.4) is 0 Å². The van der Waals surface area contributed by atoms with Crippen molar-refractivity contribution >= 4 is 40.8 Å². The van der Waals surface area contributed by atoms with Crippen molar-refractivity contribution < 1.29 is 24.0 Å². The Kier molecular flexibility index (Phi) is 7.88. The second-order valence-electron chi connectivity index (χ2n) is 6.10. The van der Waals surface area contributed by atoms with Gasteiger partial charge in [-0.1, -0.05) is 11.6 Å². The number of anilines is 1. The first-order valence-corrected chi connectivity index (χ1v) is 9.44. The van der Waals surface area contributed by atoms with Gasteiger partial charge in [0.05, 0.1) is 4.92 Å². The molecule has 0 spiro atoms. The first kappa shape index (κ1) is 22.8. The highest BCUT2D eigenvalue weighted by atomic mass is 35.5. The number of halogens is 1. The number of nitro benzene ring substituents is 1. The predicted octanol–water partition coefficient (Wildman–Crippen LogP) is 3.53. The van der Waals surface area contributed by atoms with E-state index in [-0.39, 0.29) is 16.5 Å². The normalized spacial score (nSPS) is 10.2. The lowest BCUT2D eigenvalue weighted by molar-refractivity contribution is -0.385. The lowest BCUT2D eigenvalue weighted by atomic mass is 10.1. The third-order valence-electron chi connectivity index (χ3n) is 4.18. The smallest absolute Gasteiger partial charge is 0.345 e. The summed E-state index contributed by atoms with van der Waals surface area (Å²) in [5.41, 5.74) is 0.0649. The third-order valence-corrected chi connectivity index (χ3v) is 4.41. The molecule has 2 amide bonds. The Balaban J connectivity index is 1.97. The van der Waals surface area contributed by atoms with Gasteiger partial charge >= 0.3 is 5.97 Å². The minimum Gasteiger partial charge on any atom is -0.452 e. The maximum Gasteiger partial charge on any atom is 0.345 e. The molecular formula is C20H20ClN3O6. The summed E-state index contributed by atoms with van der Waals surface area (Å²) in [6.45, 7) is 4.29. The fraction of sp³-hybridized carbons (Fsp3) is 0.250. The number of benzene rings is 2. The van der Waals surface area contributed by atoms with Gasteiger partial charge in [0.2, 0.25) is 0 Å². The van der Waals surface area contributed by atoms with Crippen LogP contribution in [0.25, 0.3) is 0 Å². The van der Waals surface area contributed by atoms with Crippen LogP contribution in [-0.2, 0) is 9.53 Å². The van der Waals surface area contributed by atoms with Gasteiger partial charge in [-0.3, -0.25) is 19.7 Å². The number of ether oxygens (including phenoxy) is 1. The first-order valence-electron chi connectivity index (χ1n) is 9.07. The van der Waals surface area contributed by atoms with Crippen molar-refractivity contribution in [3.05, 3.63) is 68.7 Å². The second-order valence-corrected chi connectivity index (χ2v) is 6.53. The van der Waals surface area contributed by atoms with Crippen LogP contribution < -0.4 is 5.32 Å². The Hall–Kier alpha value is -3.46. The Morgan fingerprint density at radius 1 is 1.10 bits per heavy atom. The van der Waals surface area contributed by atoms with Gasteiger partial charge in [-0.05, 0) is 50.2 Å². The molecule has 2 aromatic rings. The molecule has 0 aliphatic heterocycles. The highest BCUT2D eigenvalue weighted by Crippen LogP contribution is 2.23. The molecule has 10 heteroatoms. The summed E-state index contributed by atoms with van der Waals surface area (Å²) in [4.78, 5) is 48.4. The van der Waals surface area contributed by atoms with Crippen LogP contribution >= 0.6 is 11.6 Å². The molecule has 0 aliphatic rings. The van der Waals surface area contributed by atoms with Crippen molar-refractivity contribution in [1.82, 2.24) is 4.90 Å². The van der Waals surface area contributed by atoms with Gasteiger partial charge in [0, 0.05) is 35.4 Å². The highest BCUT2D eigenvalue weighted by molar-refractivity contribution is 6.31. The molecule has 0 saturated heterocycles. The highest BCUT2D eigenvalue weighted by Gasteiger charge is 2.22. The van der Waals surface area contributed by atoms with Crippen LogP contribution in [0.2, 0.25) is 5.02 Å². The predicted molar refractivity (Wildman–Crippen MR) is 111 cm³/mol. The first-order chi connectivity index (χ1) is 14.3. The Morgan fingerprint density at radius 2 is 1.73 bits per heavy atom. The number of hydrogen-bond donors (Lipinski definition) is 1. The zero-order chi connectivity index (χ0) is 22.3. The van der Waals surface area contributed by atoms with Crippen molar-refractivity contribution in [2.75, 3.05) is 25.0 Å². The van der Waals surface area contributed by atoms with Crippen LogP contribution in [0.1, 0.15) is 34.6 Å². The van der Waals surface area contributed by atoms with Gasteiger partial charge in [-0.25, -0.2) is 4.79 Å². The molecule has 0 fully saturated rings. The number of nitrogens with zero attached hydrogens (tertiary/aromatic N) is 2. The molecule has 30 heavy (non-hydrogen) atoms. The number of rotatable bonds is 8. The topological polar surface area (TPSA) is 119 Å². The molecule has 0 heterocycles. The molecule has 0 bridgehead atoms. The van der Waals surface area contributed by atoms with Crippen molar-refractivity contribution in [2.45, 2.75) is 13.8 Å². The number of carbonyl (C=O) groups excluding carboxylic acids is 3. The van der Waals surface area contributed by atoms with E-state index in [2.05, 4.69) is 5.32 Å². The summed E-state index contributed by atoms with van der Waals surface area (Å²) in [7, 11) is 0. The maximum absolute atomic E-state index is 12.3. The number of carbonyl (C=O) groups is 3. The molecule has 9 nitrogen and oxygen atoms in total. The fourth-order valence-electron chi connectivity index (χ4n) is 2.63. The molecular weight excluding hydrogens is 414 g/mol. The van der Waals surface area contributed by atoms with Crippen molar-refractivity contribution in [3.8, 4) is 0 Å². The summed E-state index contributed by atoms with van der Waals surface area (Å²) in [6.07, 6.45) is 0. The Morgan fingerprint density at radius 3 is 2.30 bits per heavy atom. The van der Waals surface area contributed by atoms with Gasteiger partial charge in [0.1, 0.15) is 5.56 Å². The van der Waals surface area contributed by atoms with E-state index in [0.29, 0.717) is 24.3 Å². The zero-order valence-corrected chi connectivity index (χ0v) is 17.1. The molecule has 0 aromatic heterocycles. The minimum atomic E-state index is -1.04. The molecule has 0 atom stereocenters. The van der Waals surface area contributed by atoms with Crippen molar-refractivity contribution in [3.63, 3.8) is 0 Å². The standard InChI is InChI=1S/C20H20ClN3O6/c1-3-23(4-2)19(26)13-5-8-15(9-6-13)22-18(25)12-30-20(27)16-11-14(21)7-10-17(16)24(28)29/h5-11H,3-4,12H2,1-2H3,(H,22,25). The second kappa shape index (κ2) is 10.4. The number of hydrogen-bond acceptors (Lipinski definition) is 6. The largest absolute Gasteiger partial charge is 0.452 e. The lowest BCUT2D eigenvalue weighted by Crippen LogP contribution is -2.30. The number of esters is 1. The maximum atomic E-state index is 12.3. The molecule has 158 valence electrons. The molecule has 0 aliphatic carbocycles. The third kappa shape index (κ3) is 5.77. The molecule has 0 radical (unpaired) electrons. The molecule has 0 unspecified atom stereocenters. The SMILES string of the molecule is CCN(CC)C(=O)c1ccc(NC(=O)COC(=O)c2cc(Cl)ccc2[N+](=O)[O-])cc1. The monoisotopic (exact) mass is 433 g/mol. The van der Waals surface area contributed by atoms with Crippen molar-refractivity contribution in [2.24, 2.45) is 0 Å². The number of amides is 2. The number of nitrogens with one attached hydrogen (secondary N) is 1. The summed E-state index contributed by atoms with van der Waals surface area (Å²) >= 11 is 5.77. The zero-order valence-electron chi connectivity index (χ0n) is 16.4. The van der Waals surface area contributed by atoms with Crippen LogP contribution in [0.4, 0.5) is 11.4 Å². The summed E-state index contributed by atoms with van der Waals surface area (Å²) < 4.78 is 4.86. The number of nitro groups is 1. The summed E-state index contributed by atoms with van der Waals surface area (Å²) in [6, 6.07) is 9.73. The molecule has 1 N–H and O–H groups in total. The Bertz CT molecular complexity index is 958. The van der Waals surface area contributed by atoms with Gasteiger partial charge < -0.3 is 15.0 Å². The van der Waals surface area contributed by atoms with E-state index >= 15 is 0 Å². The van der Waals surface area contributed by atoms with Crippen LogP contribution in [0, 0.1) is 10.1 Å². The average Bonchev–Trinajstić information content (AvgIpc) is 2.73. The summed E-state index contributed by atoms with van der Waals surface area (Å²) in [5, 5.41) is 13.7. The Labute approximate surface area is 177 Å². The van der Waals surface area contributed by atoms with E-state index < -0.39 is 29.1 Å². The lowest BCUT2D eigenvalue weighted by Gasteiger charge is -2.18. The summed E-state index contributed by atoms with van der Waals surface area (Å²) in [5.74, 6) is -1.80. The van der Waals surface area contributed by atoms with Gasteiger partial charge in [0.25, 0.3) is 17.5 Å². The molecule has 0 saturated carbocycles. The van der Waals surface area contributed by atoms with Crippen LogP contribution in [0.15, 0.2) is 42.5 Å². The van der Waals surface area contributed by atoms with Gasteiger partial charge in [0.15, 0.2) is 6.61 Å². The van der Waals surface area contributed by atoms with Crippen LogP contribution in [0.5, 0.6) is 0 Å². The van der Waals surface area contributed by atoms with E-state index in [9.17, 15) is 24.5 Å². The van der Waals surface area contributed by atoms with Gasteiger partial charge in [-0.2, -0.15) is 0 Å². The van der Waals surface area contributed by atoms with E-state index in [0.717, 1.165) is 12.1 Å². The van der Waals surface area contributed by atoms with Crippen molar-refractivity contribution in [1.29, 1.82) is 0 Å². The molecule has 2 aromatic carbocycles. The quantitative estimate of drug-likeness (QED) is 0.386. The van der Waals surface area contributed by atoms with E-state index in [1.54, 1.807) is 29.2 Å². The fourth-order valence-corrected chi connectivity index (χ4v) is 2.80. The van der Waals surface area contributed by atoms with Crippen LogP contribution in [-0.4, -0.2) is 47.3 Å². The van der Waals surface area contributed by atoms with E-state index in [1.165, 1.54) is 6.07 Å². The van der Waals surface area contributed by atoms with E-state index in [4.69, 9.17) is 16.3 Å². The average molecular weight is 434 g/mol. The van der Waals surface area contributed by atoms with Gasteiger partial charge in [-0.15, -0.1) is 0 Å². The minimum absolute atomic E-state index is 0.116. The molecule has 2 rings (SSSR count). The van der Waals surface area contributed by atoms with E-state index in [1.807, 2.05) is 13.8 Å².